The van der Waals surface area contributed by atoms with Crippen molar-refractivity contribution in [2.45, 2.75) is 65.0 Å². The van der Waals surface area contributed by atoms with E-state index in [1.807, 2.05) is 13.8 Å². The second-order valence-corrected chi connectivity index (χ2v) is 6.88. The van der Waals surface area contributed by atoms with Crippen LogP contribution < -0.4 is 11.1 Å². The summed E-state index contributed by atoms with van der Waals surface area (Å²) in [4.78, 5) is 11.7. The van der Waals surface area contributed by atoms with Gasteiger partial charge in [0.05, 0.1) is 11.6 Å². The zero-order chi connectivity index (χ0) is 14.0. The number of amides is 1. The Morgan fingerprint density at radius 2 is 1.78 bits per heavy atom. The first-order valence-electron chi connectivity index (χ1n) is 6.91. The molecule has 1 saturated carbocycles. The first-order valence-corrected chi connectivity index (χ1v) is 6.91. The minimum atomic E-state index is -0.748. The minimum absolute atomic E-state index is 0.116. The molecule has 0 aromatic rings. The van der Waals surface area contributed by atoms with Crippen LogP contribution in [0.1, 0.15) is 53.4 Å². The van der Waals surface area contributed by atoms with Crippen molar-refractivity contribution >= 4 is 5.91 Å². The maximum atomic E-state index is 11.7. The highest BCUT2D eigenvalue weighted by molar-refractivity contribution is 5.81. The standard InChI is InChI=1S/C14H28N2O2/c1-10(2)11(15)12(17)16-9-14(18)7-5-13(3,4)6-8-14/h10-11,18H,5-9,15H2,1-4H3,(H,16,17). The first kappa shape index (κ1) is 15.4. The fourth-order valence-corrected chi connectivity index (χ4v) is 2.24. The highest BCUT2D eigenvalue weighted by Gasteiger charge is 2.37. The Morgan fingerprint density at radius 1 is 1.28 bits per heavy atom. The molecule has 0 heterocycles. The van der Waals surface area contributed by atoms with Crippen molar-refractivity contribution in [1.29, 1.82) is 0 Å². The van der Waals surface area contributed by atoms with Crippen LogP contribution in [-0.2, 0) is 4.79 Å². The molecule has 4 heteroatoms. The highest BCUT2D eigenvalue weighted by atomic mass is 16.3. The van der Waals surface area contributed by atoms with Crippen LogP contribution in [-0.4, -0.2) is 29.2 Å². The van der Waals surface area contributed by atoms with E-state index in [9.17, 15) is 9.90 Å². The van der Waals surface area contributed by atoms with Crippen molar-refractivity contribution in [3.63, 3.8) is 0 Å². The third kappa shape index (κ3) is 4.25. The van der Waals surface area contributed by atoms with E-state index in [0.29, 0.717) is 12.0 Å². The Hall–Kier alpha value is -0.610. The lowest BCUT2D eigenvalue weighted by Crippen LogP contribution is -2.51. The zero-order valence-electron chi connectivity index (χ0n) is 12.1. The van der Waals surface area contributed by atoms with Crippen LogP contribution in [0.4, 0.5) is 0 Å². The van der Waals surface area contributed by atoms with Crippen LogP contribution >= 0.6 is 0 Å². The van der Waals surface area contributed by atoms with Crippen LogP contribution in [0.15, 0.2) is 0 Å². The van der Waals surface area contributed by atoms with Crippen molar-refractivity contribution in [3.05, 3.63) is 0 Å². The van der Waals surface area contributed by atoms with Crippen LogP contribution in [0.3, 0.4) is 0 Å². The molecule has 0 aliphatic heterocycles. The molecule has 0 spiro atoms. The average molecular weight is 256 g/mol. The summed E-state index contributed by atoms with van der Waals surface area (Å²) in [6.07, 6.45) is 3.49. The quantitative estimate of drug-likeness (QED) is 0.712. The number of hydrogen-bond acceptors (Lipinski definition) is 3. The number of nitrogens with one attached hydrogen (secondary N) is 1. The van der Waals surface area contributed by atoms with Crippen molar-refractivity contribution in [3.8, 4) is 0 Å². The summed E-state index contributed by atoms with van der Waals surface area (Å²) < 4.78 is 0. The summed E-state index contributed by atoms with van der Waals surface area (Å²) in [5.74, 6) is -0.0480. The number of rotatable bonds is 4. The molecular weight excluding hydrogens is 228 g/mol. The Bertz CT molecular complexity index is 290. The van der Waals surface area contributed by atoms with Gasteiger partial charge < -0.3 is 16.2 Å². The molecule has 18 heavy (non-hydrogen) atoms. The molecule has 1 rings (SSSR count). The maximum Gasteiger partial charge on any atom is 0.237 e. The summed E-state index contributed by atoms with van der Waals surface area (Å²) >= 11 is 0. The molecule has 0 bridgehead atoms. The lowest BCUT2D eigenvalue weighted by atomic mass is 9.71. The molecule has 106 valence electrons. The normalized spacial score (nSPS) is 23.7. The van der Waals surface area contributed by atoms with E-state index < -0.39 is 11.6 Å². The summed E-state index contributed by atoms with van der Waals surface area (Å²) in [7, 11) is 0. The third-order valence-electron chi connectivity index (χ3n) is 4.15. The van der Waals surface area contributed by atoms with Crippen LogP contribution in [0.5, 0.6) is 0 Å². The summed E-state index contributed by atoms with van der Waals surface area (Å²) in [6.45, 7) is 8.60. The molecule has 0 saturated heterocycles. The molecule has 1 aliphatic carbocycles. The van der Waals surface area contributed by atoms with Gasteiger partial charge in [-0.25, -0.2) is 0 Å². The summed E-state index contributed by atoms with van der Waals surface area (Å²) in [5, 5.41) is 13.2. The Kier molecular flexibility index (Phi) is 4.78. The molecule has 1 atom stereocenters. The van der Waals surface area contributed by atoms with Gasteiger partial charge in [0.2, 0.25) is 5.91 Å². The van der Waals surface area contributed by atoms with Gasteiger partial charge in [0.15, 0.2) is 0 Å². The number of nitrogens with two attached hydrogens (primary N) is 1. The smallest absolute Gasteiger partial charge is 0.237 e. The van der Waals surface area contributed by atoms with Crippen molar-refractivity contribution < 1.29 is 9.90 Å². The summed E-state index contributed by atoms with van der Waals surface area (Å²) in [5.41, 5.74) is 5.33. The number of carbonyl (C=O) groups is 1. The Labute approximate surface area is 110 Å². The van der Waals surface area contributed by atoms with E-state index >= 15 is 0 Å². The maximum absolute atomic E-state index is 11.7. The zero-order valence-corrected chi connectivity index (χ0v) is 12.1. The molecule has 1 fully saturated rings. The van der Waals surface area contributed by atoms with Gasteiger partial charge in [-0.15, -0.1) is 0 Å². The molecule has 1 unspecified atom stereocenters. The Balaban J connectivity index is 2.42. The second-order valence-electron chi connectivity index (χ2n) is 6.88. The van der Waals surface area contributed by atoms with Gasteiger partial charge in [0.1, 0.15) is 0 Å². The van der Waals surface area contributed by atoms with Gasteiger partial charge in [0.25, 0.3) is 0 Å². The van der Waals surface area contributed by atoms with Crippen LogP contribution in [0.25, 0.3) is 0 Å². The van der Waals surface area contributed by atoms with Gasteiger partial charge >= 0.3 is 0 Å². The van der Waals surface area contributed by atoms with Gasteiger partial charge in [-0.1, -0.05) is 27.7 Å². The van der Waals surface area contributed by atoms with Crippen molar-refractivity contribution in [2.24, 2.45) is 17.1 Å². The first-order chi connectivity index (χ1) is 8.15. The fraction of sp³-hybridized carbons (Fsp3) is 0.929. The van der Waals surface area contributed by atoms with Gasteiger partial charge in [-0.05, 0) is 37.0 Å². The predicted molar refractivity (Wildman–Crippen MR) is 73.0 cm³/mol. The number of carbonyl (C=O) groups excluding carboxylic acids is 1. The van der Waals surface area contributed by atoms with Crippen LogP contribution in [0, 0.1) is 11.3 Å². The van der Waals surface area contributed by atoms with Gasteiger partial charge in [-0.3, -0.25) is 4.79 Å². The lowest BCUT2D eigenvalue weighted by Gasteiger charge is -2.40. The largest absolute Gasteiger partial charge is 0.388 e. The van der Waals surface area contributed by atoms with Crippen LogP contribution in [0.2, 0.25) is 0 Å². The number of aliphatic hydroxyl groups is 1. The molecule has 0 aromatic carbocycles. The van der Waals surface area contributed by atoms with Crippen molar-refractivity contribution in [1.82, 2.24) is 5.32 Å². The molecule has 1 amide bonds. The van der Waals surface area contributed by atoms with Gasteiger partial charge in [0, 0.05) is 6.54 Å². The van der Waals surface area contributed by atoms with E-state index in [1.54, 1.807) is 0 Å². The van der Waals surface area contributed by atoms with Gasteiger partial charge in [-0.2, -0.15) is 0 Å². The van der Waals surface area contributed by atoms with E-state index in [0.717, 1.165) is 25.7 Å². The Morgan fingerprint density at radius 3 is 2.22 bits per heavy atom. The van der Waals surface area contributed by atoms with E-state index in [-0.39, 0.29) is 11.8 Å². The molecule has 4 nitrogen and oxygen atoms in total. The molecule has 0 radical (unpaired) electrons. The minimum Gasteiger partial charge on any atom is -0.388 e. The molecular formula is C14H28N2O2. The molecule has 4 N–H and O–H groups in total. The topological polar surface area (TPSA) is 75.4 Å². The second kappa shape index (κ2) is 5.57. The monoisotopic (exact) mass is 256 g/mol. The average Bonchev–Trinajstić information content (AvgIpc) is 2.30. The van der Waals surface area contributed by atoms with E-state index in [4.69, 9.17) is 5.73 Å². The highest BCUT2D eigenvalue weighted by Crippen LogP contribution is 2.39. The molecule has 1 aliphatic rings. The predicted octanol–water partition coefficient (Wildman–Crippen LogP) is 1.42. The van der Waals surface area contributed by atoms with Crippen molar-refractivity contribution in [2.75, 3.05) is 6.54 Å². The SMILES string of the molecule is CC(C)C(N)C(=O)NCC1(O)CCC(C)(C)CC1. The summed E-state index contributed by atoms with van der Waals surface area (Å²) in [6, 6.07) is -0.492. The van der Waals surface area contributed by atoms with E-state index in [1.165, 1.54) is 0 Å². The van der Waals surface area contributed by atoms with E-state index in [2.05, 4.69) is 19.2 Å². The third-order valence-corrected chi connectivity index (χ3v) is 4.15. The molecule has 0 aromatic heterocycles. The number of hydrogen-bond donors (Lipinski definition) is 3. The lowest BCUT2D eigenvalue weighted by molar-refractivity contribution is -0.125. The fourth-order valence-electron chi connectivity index (χ4n) is 2.24.